The lowest BCUT2D eigenvalue weighted by atomic mass is 9.80. The van der Waals surface area contributed by atoms with E-state index in [0.717, 1.165) is 38.2 Å². The van der Waals surface area contributed by atoms with Crippen LogP contribution in [0.15, 0.2) is 84.9 Å². The van der Waals surface area contributed by atoms with Crippen LogP contribution in [0, 0.1) is 0 Å². The minimum Gasteiger partial charge on any atom is -0.508 e. The molecular formula is C28H18O3. The van der Waals surface area contributed by atoms with Crippen molar-refractivity contribution in [3.63, 3.8) is 0 Å². The van der Waals surface area contributed by atoms with Crippen molar-refractivity contribution in [3.05, 3.63) is 107 Å². The molecule has 2 N–H and O–H groups in total. The Morgan fingerprint density at radius 1 is 0.581 bits per heavy atom. The molecule has 5 aromatic carbocycles. The van der Waals surface area contributed by atoms with Crippen molar-refractivity contribution < 1.29 is 15.0 Å². The number of ketones is 1. The molecular weight excluding hydrogens is 384 g/mol. The Balaban J connectivity index is 1.69. The zero-order valence-electron chi connectivity index (χ0n) is 16.6. The molecule has 3 heteroatoms. The molecule has 0 heterocycles. The third-order valence-electron chi connectivity index (χ3n) is 6.17. The number of aromatic hydroxyl groups is 2. The van der Waals surface area contributed by atoms with Gasteiger partial charge in [-0.1, -0.05) is 48.5 Å². The van der Waals surface area contributed by atoms with Crippen molar-refractivity contribution in [3.8, 4) is 22.6 Å². The number of phenolic OH excluding ortho intramolecular Hbond substituents is 2. The van der Waals surface area contributed by atoms with Gasteiger partial charge in [-0.05, 0) is 86.6 Å². The summed E-state index contributed by atoms with van der Waals surface area (Å²) in [5.41, 5.74) is 4.43. The van der Waals surface area contributed by atoms with E-state index in [4.69, 9.17) is 0 Å². The SMILES string of the molecule is O=C1c2ccccc2Cc2cc(O)cc(-c3cc(O)cc4cc5ccccc5cc34)c21. The van der Waals surface area contributed by atoms with E-state index >= 15 is 0 Å². The fourth-order valence-electron chi connectivity index (χ4n) is 4.80. The van der Waals surface area contributed by atoms with Crippen LogP contribution in [0.2, 0.25) is 0 Å². The fraction of sp³-hybridized carbons (Fsp3) is 0.0357. The number of carbonyl (C=O) groups excluding carboxylic acids is 1. The number of benzene rings is 5. The molecule has 1 aliphatic rings. The maximum atomic E-state index is 13.5. The molecule has 0 spiro atoms. The minimum atomic E-state index is -0.0517. The Labute approximate surface area is 178 Å². The predicted octanol–water partition coefficient (Wildman–Crippen LogP) is 6.21. The van der Waals surface area contributed by atoms with Gasteiger partial charge in [0, 0.05) is 11.1 Å². The first-order valence-corrected chi connectivity index (χ1v) is 10.2. The molecule has 0 radical (unpaired) electrons. The van der Waals surface area contributed by atoms with Gasteiger partial charge in [0.15, 0.2) is 5.78 Å². The largest absolute Gasteiger partial charge is 0.508 e. The van der Waals surface area contributed by atoms with Crippen molar-refractivity contribution >= 4 is 27.3 Å². The maximum absolute atomic E-state index is 13.5. The highest BCUT2D eigenvalue weighted by molar-refractivity contribution is 6.18. The summed E-state index contributed by atoms with van der Waals surface area (Å²) in [6, 6.07) is 26.5. The molecule has 148 valence electrons. The van der Waals surface area contributed by atoms with Gasteiger partial charge in [0.2, 0.25) is 0 Å². The molecule has 31 heavy (non-hydrogen) atoms. The second kappa shape index (κ2) is 6.44. The summed E-state index contributed by atoms with van der Waals surface area (Å²) in [6.45, 7) is 0. The lowest BCUT2D eigenvalue weighted by Gasteiger charge is -2.22. The van der Waals surface area contributed by atoms with E-state index in [-0.39, 0.29) is 17.3 Å². The van der Waals surface area contributed by atoms with E-state index in [1.54, 1.807) is 24.3 Å². The van der Waals surface area contributed by atoms with Crippen LogP contribution in [0.1, 0.15) is 27.0 Å². The quantitative estimate of drug-likeness (QED) is 0.322. The van der Waals surface area contributed by atoms with Crippen molar-refractivity contribution in [1.29, 1.82) is 0 Å². The first-order chi connectivity index (χ1) is 15.1. The fourth-order valence-corrected chi connectivity index (χ4v) is 4.80. The number of phenols is 2. The summed E-state index contributed by atoms with van der Waals surface area (Å²) in [6.07, 6.45) is 0.582. The van der Waals surface area contributed by atoms with Crippen LogP contribution >= 0.6 is 0 Å². The average Bonchev–Trinajstić information content (AvgIpc) is 2.76. The predicted molar refractivity (Wildman–Crippen MR) is 123 cm³/mol. The second-order valence-electron chi connectivity index (χ2n) is 8.10. The van der Waals surface area contributed by atoms with Gasteiger partial charge in [-0.2, -0.15) is 0 Å². The van der Waals surface area contributed by atoms with Crippen LogP contribution in [0.3, 0.4) is 0 Å². The normalized spacial score (nSPS) is 12.7. The summed E-state index contributed by atoms with van der Waals surface area (Å²) in [4.78, 5) is 13.5. The molecule has 0 unspecified atom stereocenters. The van der Waals surface area contributed by atoms with Crippen molar-refractivity contribution in [2.75, 3.05) is 0 Å². The molecule has 0 amide bonds. The van der Waals surface area contributed by atoms with Crippen LogP contribution in [0.25, 0.3) is 32.7 Å². The van der Waals surface area contributed by atoms with Crippen molar-refractivity contribution in [2.24, 2.45) is 0 Å². The van der Waals surface area contributed by atoms with E-state index < -0.39 is 0 Å². The molecule has 6 rings (SSSR count). The summed E-state index contributed by atoms with van der Waals surface area (Å²) in [5, 5.41) is 25.0. The second-order valence-corrected chi connectivity index (χ2v) is 8.10. The number of hydrogen-bond donors (Lipinski definition) is 2. The number of rotatable bonds is 1. The summed E-state index contributed by atoms with van der Waals surface area (Å²) in [7, 11) is 0. The monoisotopic (exact) mass is 402 g/mol. The molecule has 0 fully saturated rings. The van der Waals surface area contributed by atoms with E-state index in [1.807, 2.05) is 54.6 Å². The summed E-state index contributed by atoms with van der Waals surface area (Å²) < 4.78 is 0. The average molecular weight is 402 g/mol. The molecule has 0 bridgehead atoms. The van der Waals surface area contributed by atoms with Crippen LogP contribution < -0.4 is 0 Å². The van der Waals surface area contributed by atoms with Gasteiger partial charge < -0.3 is 10.2 Å². The number of hydrogen-bond acceptors (Lipinski definition) is 3. The smallest absolute Gasteiger partial charge is 0.194 e. The standard InChI is InChI=1S/C28H18O3/c29-21-11-19-9-16-5-1-2-6-17(16)13-24(19)25(14-21)26-15-22(30)12-20-10-18-7-3-4-8-23(18)28(31)27(20)26/h1-9,11-15,29-30H,10H2. The Hall–Kier alpha value is -4.11. The van der Waals surface area contributed by atoms with Gasteiger partial charge in [-0.25, -0.2) is 0 Å². The topological polar surface area (TPSA) is 57.5 Å². The number of fused-ring (bicyclic) bond motifs is 4. The highest BCUT2D eigenvalue weighted by atomic mass is 16.3. The van der Waals surface area contributed by atoms with Crippen LogP contribution in [0.5, 0.6) is 11.5 Å². The molecule has 1 aliphatic carbocycles. The number of carbonyl (C=O) groups is 1. The zero-order valence-corrected chi connectivity index (χ0v) is 16.6. The van der Waals surface area contributed by atoms with Gasteiger partial charge in [0.25, 0.3) is 0 Å². The van der Waals surface area contributed by atoms with Gasteiger partial charge in [0.05, 0.1) is 0 Å². The van der Waals surface area contributed by atoms with Gasteiger partial charge in [0.1, 0.15) is 11.5 Å². The Kier molecular flexibility index (Phi) is 3.68. The Morgan fingerprint density at radius 2 is 1.26 bits per heavy atom. The van der Waals surface area contributed by atoms with Crippen molar-refractivity contribution in [1.82, 2.24) is 0 Å². The molecule has 0 aliphatic heterocycles. The molecule has 0 saturated heterocycles. The van der Waals surface area contributed by atoms with E-state index in [0.29, 0.717) is 23.1 Å². The molecule has 0 atom stereocenters. The minimum absolute atomic E-state index is 0.0517. The first-order valence-electron chi connectivity index (χ1n) is 10.2. The van der Waals surface area contributed by atoms with E-state index in [2.05, 4.69) is 6.07 Å². The lowest BCUT2D eigenvalue weighted by molar-refractivity contribution is 0.103. The lowest BCUT2D eigenvalue weighted by Crippen LogP contribution is -2.16. The maximum Gasteiger partial charge on any atom is 0.194 e. The molecule has 0 aromatic heterocycles. The third-order valence-corrected chi connectivity index (χ3v) is 6.17. The van der Waals surface area contributed by atoms with Gasteiger partial charge in [-0.3, -0.25) is 4.79 Å². The summed E-state index contributed by atoms with van der Waals surface area (Å²) in [5.74, 6) is 0.181. The van der Waals surface area contributed by atoms with Gasteiger partial charge >= 0.3 is 0 Å². The third kappa shape index (κ3) is 2.71. The highest BCUT2D eigenvalue weighted by Gasteiger charge is 2.27. The molecule has 0 saturated carbocycles. The first kappa shape index (κ1) is 17.7. The van der Waals surface area contributed by atoms with Crippen LogP contribution in [-0.4, -0.2) is 16.0 Å². The van der Waals surface area contributed by atoms with Gasteiger partial charge in [-0.15, -0.1) is 0 Å². The van der Waals surface area contributed by atoms with E-state index in [1.165, 1.54) is 0 Å². The summed E-state index contributed by atoms with van der Waals surface area (Å²) >= 11 is 0. The highest BCUT2D eigenvalue weighted by Crippen LogP contribution is 2.42. The Morgan fingerprint density at radius 3 is 2.10 bits per heavy atom. The van der Waals surface area contributed by atoms with Crippen LogP contribution in [-0.2, 0) is 6.42 Å². The zero-order chi connectivity index (χ0) is 21.1. The van der Waals surface area contributed by atoms with E-state index in [9.17, 15) is 15.0 Å². The molecule has 3 nitrogen and oxygen atoms in total. The van der Waals surface area contributed by atoms with Crippen LogP contribution in [0.4, 0.5) is 0 Å². The Bertz CT molecular complexity index is 1550. The molecule has 5 aromatic rings. The van der Waals surface area contributed by atoms with Crippen molar-refractivity contribution in [2.45, 2.75) is 6.42 Å².